The molecule has 20 heavy (non-hydrogen) atoms. The first kappa shape index (κ1) is 15.9. The lowest BCUT2D eigenvalue weighted by molar-refractivity contribution is 0.208. The topological polar surface area (TPSA) is 75.4 Å². The first-order chi connectivity index (χ1) is 9.55. The highest BCUT2D eigenvalue weighted by atomic mass is 32.2. The molecule has 1 saturated heterocycles. The van der Waals surface area contributed by atoms with Crippen LogP contribution in [0, 0.1) is 0 Å². The quantitative estimate of drug-likeness (QED) is 0.831. The van der Waals surface area contributed by atoms with Crippen LogP contribution in [0.25, 0.3) is 0 Å². The Labute approximate surface area is 125 Å². The average molecular weight is 317 g/mol. The van der Waals surface area contributed by atoms with Crippen LogP contribution in [-0.4, -0.2) is 39.0 Å². The van der Waals surface area contributed by atoms with Gasteiger partial charge in [0.05, 0.1) is 0 Å². The van der Waals surface area contributed by atoms with Gasteiger partial charge in [-0.05, 0) is 51.0 Å². The molecule has 1 aliphatic rings. The minimum absolute atomic E-state index is 0.0523. The van der Waals surface area contributed by atoms with E-state index in [0.717, 1.165) is 43.8 Å². The van der Waals surface area contributed by atoms with Crippen LogP contribution < -0.4 is 10.5 Å². The zero-order valence-corrected chi connectivity index (χ0v) is 13.5. The Kier molecular flexibility index (Phi) is 5.57. The number of nitrogens with two attached hydrogens (primary N) is 1. The van der Waals surface area contributed by atoms with Crippen LogP contribution in [0.15, 0.2) is 16.3 Å². The van der Waals surface area contributed by atoms with Gasteiger partial charge in [-0.15, -0.1) is 11.3 Å². The van der Waals surface area contributed by atoms with Gasteiger partial charge >= 0.3 is 0 Å². The summed E-state index contributed by atoms with van der Waals surface area (Å²) < 4.78 is 27.8. The molecule has 0 aliphatic carbocycles. The Balaban J connectivity index is 1.92. The lowest BCUT2D eigenvalue weighted by atomic mass is 10.1. The molecule has 1 aromatic heterocycles. The molecule has 114 valence electrons. The van der Waals surface area contributed by atoms with Gasteiger partial charge in [0, 0.05) is 17.5 Å². The van der Waals surface area contributed by atoms with Crippen molar-refractivity contribution in [3.05, 3.63) is 17.0 Å². The van der Waals surface area contributed by atoms with Crippen molar-refractivity contribution < 1.29 is 8.42 Å². The second-order valence-corrected chi connectivity index (χ2v) is 8.27. The number of hydrogen-bond acceptors (Lipinski definition) is 5. The number of piperidine rings is 1. The summed E-state index contributed by atoms with van der Waals surface area (Å²) in [5.74, 6) is 0. The van der Waals surface area contributed by atoms with E-state index in [1.165, 1.54) is 11.3 Å². The third-order valence-corrected chi connectivity index (χ3v) is 6.67. The van der Waals surface area contributed by atoms with Gasteiger partial charge in [-0.3, -0.25) is 0 Å². The summed E-state index contributed by atoms with van der Waals surface area (Å²) in [6.07, 6.45) is 2.91. The molecular weight excluding hydrogens is 294 g/mol. The Hall–Kier alpha value is -0.470. The predicted octanol–water partition coefficient (Wildman–Crippen LogP) is 1.36. The Morgan fingerprint density at radius 1 is 1.40 bits per heavy atom. The van der Waals surface area contributed by atoms with Crippen molar-refractivity contribution in [2.75, 3.05) is 19.6 Å². The van der Waals surface area contributed by atoms with E-state index in [0.29, 0.717) is 10.8 Å². The molecule has 1 aliphatic heterocycles. The number of nitrogens with zero attached hydrogens (tertiary/aromatic N) is 1. The highest BCUT2D eigenvalue weighted by Crippen LogP contribution is 2.22. The first-order valence-electron chi connectivity index (χ1n) is 7.08. The average Bonchev–Trinajstić information content (AvgIpc) is 2.91. The summed E-state index contributed by atoms with van der Waals surface area (Å²) in [6.45, 7) is 5.60. The molecule has 7 heteroatoms. The molecule has 2 rings (SSSR count). The fourth-order valence-corrected chi connectivity index (χ4v) is 5.04. The lowest BCUT2D eigenvalue weighted by Gasteiger charge is -2.31. The SMILES string of the molecule is CCCN1CCC(NS(=O)(=O)c2ccc(CN)s2)CC1. The summed E-state index contributed by atoms with van der Waals surface area (Å²) in [4.78, 5) is 3.28. The molecule has 0 saturated carbocycles. The van der Waals surface area contributed by atoms with Crippen LogP contribution in [-0.2, 0) is 16.6 Å². The van der Waals surface area contributed by atoms with Crippen LogP contribution >= 0.6 is 11.3 Å². The molecule has 0 unspecified atom stereocenters. The van der Waals surface area contributed by atoms with Crippen LogP contribution in [0.2, 0.25) is 0 Å². The minimum atomic E-state index is -3.38. The summed E-state index contributed by atoms with van der Waals surface area (Å²) in [5.41, 5.74) is 5.52. The normalized spacial score (nSPS) is 18.5. The molecule has 0 spiro atoms. The summed E-state index contributed by atoms with van der Waals surface area (Å²) in [7, 11) is -3.38. The molecule has 5 nitrogen and oxygen atoms in total. The zero-order valence-electron chi connectivity index (χ0n) is 11.8. The van der Waals surface area contributed by atoms with E-state index < -0.39 is 10.0 Å². The van der Waals surface area contributed by atoms with Gasteiger partial charge in [-0.1, -0.05) is 6.92 Å². The Morgan fingerprint density at radius 2 is 2.10 bits per heavy atom. The van der Waals surface area contributed by atoms with E-state index in [2.05, 4.69) is 16.5 Å². The van der Waals surface area contributed by atoms with Gasteiger partial charge in [-0.25, -0.2) is 13.1 Å². The van der Waals surface area contributed by atoms with Gasteiger partial charge in [-0.2, -0.15) is 0 Å². The van der Waals surface area contributed by atoms with E-state index in [-0.39, 0.29) is 6.04 Å². The standard InChI is InChI=1S/C13H23N3O2S2/c1-2-7-16-8-5-11(6-9-16)15-20(17,18)13-4-3-12(10-14)19-13/h3-4,11,15H,2,5-10,14H2,1H3. The van der Waals surface area contributed by atoms with Crippen molar-refractivity contribution in [2.24, 2.45) is 5.73 Å². The van der Waals surface area contributed by atoms with Crippen LogP contribution in [0.3, 0.4) is 0 Å². The molecule has 2 heterocycles. The van der Waals surface area contributed by atoms with Crippen molar-refractivity contribution in [1.82, 2.24) is 9.62 Å². The molecule has 0 radical (unpaired) electrons. The van der Waals surface area contributed by atoms with E-state index in [1.54, 1.807) is 12.1 Å². The van der Waals surface area contributed by atoms with E-state index in [4.69, 9.17) is 5.73 Å². The van der Waals surface area contributed by atoms with Crippen molar-refractivity contribution in [1.29, 1.82) is 0 Å². The maximum absolute atomic E-state index is 12.3. The van der Waals surface area contributed by atoms with Gasteiger partial charge < -0.3 is 10.6 Å². The molecule has 1 fully saturated rings. The molecule has 0 aromatic carbocycles. The Morgan fingerprint density at radius 3 is 2.65 bits per heavy atom. The third kappa shape index (κ3) is 4.02. The lowest BCUT2D eigenvalue weighted by Crippen LogP contribution is -2.44. The van der Waals surface area contributed by atoms with Crippen LogP contribution in [0.4, 0.5) is 0 Å². The number of rotatable bonds is 6. The Bertz CT molecular complexity index is 519. The smallest absolute Gasteiger partial charge is 0.250 e. The van der Waals surface area contributed by atoms with E-state index in [1.807, 2.05) is 0 Å². The van der Waals surface area contributed by atoms with Crippen molar-refractivity contribution >= 4 is 21.4 Å². The molecule has 1 aromatic rings. The molecule has 0 atom stereocenters. The molecule has 0 bridgehead atoms. The van der Waals surface area contributed by atoms with E-state index in [9.17, 15) is 8.42 Å². The van der Waals surface area contributed by atoms with Gasteiger partial charge in [0.2, 0.25) is 10.0 Å². The van der Waals surface area contributed by atoms with Crippen molar-refractivity contribution in [2.45, 2.75) is 43.0 Å². The second kappa shape index (κ2) is 7.00. The largest absolute Gasteiger partial charge is 0.326 e. The third-order valence-electron chi connectivity index (χ3n) is 3.55. The van der Waals surface area contributed by atoms with Gasteiger partial charge in [0.1, 0.15) is 4.21 Å². The van der Waals surface area contributed by atoms with E-state index >= 15 is 0 Å². The predicted molar refractivity (Wildman–Crippen MR) is 82.3 cm³/mol. The number of sulfonamides is 1. The summed E-state index contributed by atoms with van der Waals surface area (Å²) in [6, 6.07) is 3.47. The minimum Gasteiger partial charge on any atom is -0.326 e. The molecular formula is C13H23N3O2S2. The number of nitrogens with one attached hydrogen (secondary N) is 1. The van der Waals surface area contributed by atoms with Crippen LogP contribution in [0.5, 0.6) is 0 Å². The van der Waals surface area contributed by atoms with Gasteiger partial charge in [0.15, 0.2) is 0 Å². The van der Waals surface area contributed by atoms with Gasteiger partial charge in [0.25, 0.3) is 0 Å². The fourth-order valence-electron chi connectivity index (χ4n) is 2.48. The van der Waals surface area contributed by atoms with Crippen molar-refractivity contribution in [3.63, 3.8) is 0 Å². The molecule has 3 N–H and O–H groups in total. The number of thiophene rings is 1. The first-order valence-corrected chi connectivity index (χ1v) is 9.38. The molecule has 0 amide bonds. The zero-order chi connectivity index (χ0) is 14.6. The summed E-state index contributed by atoms with van der Waals surface area (Å²) >= 11 is 1.25. The van der Waals surface area contributed by atoms with Crippen molar-refractivity contribution in [3.8, 4) is 0 Å². The summed E-state index contributed by atoms with van der Waals surface area (Å²) in [5, 5.41) is 0. The number of likely N-dealkylation sites (tertiary alicyclic amines) is 1. The second-order valence-electron chi connectivity index (χ2n) is 5.16. The number of hydrogen-bond donors (Lipinski definition) is 2. The van der Waals surface area contributed by atoms with Crippen LogP contribution in [0.1, 0.15) is 31.1 Å². The monoisotopic (exact) mass is 317 g/mol. The highest BCUT2D eigenvalue weighted by molar-refractivity contribution is 7.91. The highest BCUT2D eigenvalue weighted by Gasteiger charge is 2.25. The fraction of sp³-hybridized carbons (Fsp3) is 0.692. The maximum atomic E-state index is 12.3. The maximum Gasteiger partial charge on any atom is 0.250 e.